The number of amides is 4. The Morgan fingerprint density at radius 3 is 2.65 bits per heavy atom. The zero-order chi connectivity index (χ0) is 24.6. The molecule has 2 atom stereocenters. The number of nitrogens with one attached hydrogen (secondary N) is 1. The van der Waals surface area contributed by atoms with Crippen molar-refractivity contribution < 1.29 is 24.1 Å². The summed E-state index contributed by atoms with van der Waals surface area (Å²) in [5, 5.41) is 13.9. The molecule has 0 radical (unpaired) electrons. The lowest BCUT2D eigenvalue weighted by Gasteiger charge is -2.32. The van der Waals surface area contributed by atoms with Crippen LogP contribution in [0.4, 0.5) is 17.2 Å². The Morgan fingerprint density at radius 2 is 2.00 bits per heavy atom. The number of aromatic nitrogens is 1. The summed E-state index contributed by atoms with van der Waals surface area (Å²) in [5.74, 6) is -2.28. The number of benzene rings is 1. The minimum Gasteiger partial charge on any atom is -0.369 e. The molecular formula is C22H22N6O6. The molecule has 2 aliphatic heterocycles. The van der Waals surface area contributed by atoms with E-state index >= 15 is 0 Å². The van der Waals surface area contributed by atoms with Crippen molar-refractivity contribution in [2.24, 2.45) is 11.7 Å². The van der Waals surface area contributed by atoms with Gasteiger partial charge in [-0.1, -0.05) is 6.07 Å². The fourth-order valence-corrected chi connectivity index (χ4v) is 4.22. The molecule has 176 valence electrons. The fraction of sp³-hybridized carbons (Fsp3) is 0.318. The molecule has 12 heteroatoms. The van der Waals surface area contributed by atoms with Crippen LogP contribution in [0.2, 0.25) is 0 Å². The average molecular weight is 466 g/mol. The molecule has 1 fully saturated rings. The van der Waals surface area contributed by atoms with Crippen LogP contribution in [0, 0.1) is 16.0 Å². The van der Waals surface area contributed by atoms with Crippen molar-refractivity contribution in [3.8, 4) is 0 Å². The Hall–Kier alpha value is -4.35. The highest BCUT2D eigenvalue weighted by atomic mass is 16.6. The maximum atomic E-state index is 12.8. The Labute approximate surface area is 193 Å². The van der Waals surface area contributed by atoms with Gasteiger partial charge < -0.3 is 16.0 Å². The summed E-state index contributed by atoms with van der Waals surface area (Å²) in [7, 11) is 0. The number of hydrogen-bond acceptors (Lipinski definition) is 8. The second-order valence-electron chi connectivity index (χ2n) is 8.19. The van der Waals surface area contributed by atoms with Crippen LogP contribution in [-0.2, 0) is 9.59 Å². The average Bonchev–Trinajstić information content (AvgIpc) is 3.09. The summed E-state index contributed by atoms with van der Waals surface area (Å²) in [6.07, 6.45) is 2.98. The van der Waals surface area contributed by atoms with Gasteiger partial charge in [-0.2, -0.15) is 0 Å². The molecule has 34 heavy (non-hydrogen) atoms. The molecule has 1 saturated heterocycles. The van der Waals surface area contributed by atoms with Crippen LogP contribution in [0.1, 0.15) is 40.5 Å². The van der Waals surface area contributed by atoms with Gasteiger partial charge in [-0.3, -0.25) is 34.2 Å². The molecule has 0 spiro atoms. The SMILES string of the molecule is CC(C(=O)Nc1ccc(N2CCCC(C(N)=O)C2)nc1)N1C(=O)c2cccc([N+](=O)[O-])c2C1=O. The molecule has 2 unspecified atom stereocenters. The third kappa shape index (κ3) is 4.05. The number of nitro benzene ring substituents is 1. The third-order valence-corrected chi connectivity index (χ3v) is 6.05. The quantitative estimate of drug-likeness (QED) is 0.365. The molecule has 12 nitrogen and oxygen atoms in total. The van der Waals surface area contributed by atoms with E-state index in [1.165, 1.54) is 25.3 Å². The molecule has 1 aromatic carbocycles. The van der Waals surface area contributed by atoms with Crippen LogP contribution in [0.5, 0.6) is 0 Å². The van der Waals surface area contributed by atoms with Gasteiger partial charge in [0.15, 0.2) is 0 Å². The van der Waals surface area contributed by atoms with Gasteiger partial charge in [0.05, 0.1) is 28.3 Å². The highest BCUT2D eigenvalue weighted by Crippen LogP contribution is 2.32. The Kier molecular flexibility index (Phi) is 5.97. The van der Waals surface area contributed by atoms with Crippen molar-refractivity contribution in [1.29, 1.82) is 0 Å². The minimum atomic E-state index is -1.22. The topological polar surface area (TPSA) is 169 Å². The maximum Gasteiger partial charge on any atom is 0.282 e. The van der Waals surface area contributed by atoms with E-state index in [0.717, 1.165) is 25.5 Å². The van der Waals surface area contributed by atoms with Crippen molar-refractivity contribution in [2.45, 2.75) is 25.8 Å². The van der Waals surface area contributed by atoms with E-state index in [9.17, 15) is 29.3 Å². The van der Waals surface area contributed by atoms with Crippen LogP contribution in [0.15, 0.2) is 36.5 Å². The third-order valence-electron chi connectivity index (χ3n) is 6.05. The molecule has 2 aromatic rings. The van der Waals surface area contributed by atoms with Crippen LogP contribution in [-0.4, -0.2) is 57.6 Å². The Morgan fingerprint density at radius 1 is 1.24 bits per heavy atom. The molecule has 3 N–H and O–H groups in total. The van der Waals surface area contributed by atoms with Crippen LogP contribution < -0.4 is 16.0 Å². The van der Waals surface area contributed by atoms with Gasteiger partial charge in [0.25, 0.3) is 17.5 Å². The number of carbonyl (C=O) groups is 4. The van der Waals surface area contributed by atoms with Crippen molar-refractivity contribution in [2.75, 3.05) is 23.3 Å². The lowest BCUT2D eigenvalue weighted by atomic mass is 9.97. The lowest BCUT2D eigenvalue weighted by molar-refractivity contribution is -0.385. The standard InChI is InChI=1S/C22H22N6O6/c1-12(27-21(31)15-5-2-6-16(28(33)34)18(15)22(27)32)20(30)25-14-7-8-17(24-10-14)26-9-3-4-13(11-26)19(23)29/h2,5-8,10,12-13H,3-4,9,11H2,1H3,(H2,23,29)(H,25,30). The predicted molar refractivity (Wildman–Crippen MR) is 120 cm³/mol. The first kappa shape index (κ1) is 22.8. The van der Waals surface area contributed by atoms with Gasteiger partial charge in [0.1, 0.15) is 17.4 Å². The van der Waals surface area contributed by atoms with E-state index in [0.29, 0.717) is 22.9 Å². The number of imide groups is 1. The summed E-state index contributed by atoms with van der Waals surface area (Å²) >= 11 is 0. The van der Waals surface area contributed by atoms with Gasteiger partial charge in [-0.15, -0.1) is 0 Å². The summed E-state index contributed by atoms with van der Waals surface area (Å²) < 4.78 is 0. The smallest absolute Gasteiger partial charge is 0.282 e. The molecule has 2 aliphatic rings. The van der Waals surface area contributed by atoms with E-state index in [2.05, 4.69) is 10.3 Å². The van der Waals surface area contributed by atoms with Crippen molar-refractivity contribution in [3.63, 3.8) is 0 Å². The summed E-state index contributed by atoms with van der Waals surface area (Å²) in [6.45, 7) is 2.56. The van der Waals surface area contributed by atoms with E-state index in [1.54, 1.807) is 12.1 Å². The van der Waals surface area contributed by atoms with Gasteiger partial charge in [-0.25, -0.2) is 4.98 Å². The molecule has 1 aromatic heterocycles. The van der Waals surface area contributed by atoms with Gasteiger partial charge in [-0.05, 0) is 38.0 Å². The first-order chi connectivity index (χ1) is 16.2. The number of primary amides is 1. The van der Waals surface area contributed by atoms with Crippen LogP contribution in [0.25, 0.3) is 0 Å². The number of carbonyl (C=O) groups excluding carboxylic acids is 4. The number of hydrogen-bond donors (Lipinski definition) is 2. The number of nitrogens with two attached hydrogens (primary N) is 1. The first-order valence-corrected chi connectivity index (χ1v) is 10.7. The number of piperidine rings is 1. The van der Waals surface area contributed by atoms with Crippen LogP contribution in [0.3, 0.4) is 0 Å². The lowest BCUT2D eigenvalue weighted by Crippen LogP contribution is -2.45. The van der Waals surface area contributed by atoms with Crippen molar-refractivity contribution in [1.82, 2.24) is 9.88 Å². The Bertz CT molecular complexity index is 1200. The molecule has 0 saturated carbocycles. The number of anilines is 2. The summed E-state index contributed by atoms with van der Waals surface area (Å²) in [5.41, 5.74) is 4.84. The molecule has 0 aliphatic carbocycles. The van der Waals surface area contributed by atoms with E-state index in [-0.39, 0.29) is 23.0 Å². The molecule has 3 heterocycles. The summed E-state index contributed by atoms with van der Waals surface area (Å²) in [6, 6.07) is 5.87. The number of nitro groups is 1. The van der Waals surface area contributed by atoms with Crippen molar-refractivity contribution >= 4 is 40.8 Å². The zero-order valence-corrected chi connectivity index (χ0v) is 18.3. The predicted octanol–water partition coefficient (Wildman–Crippen LogP) is 1.31. The zero-order valence-electron chi connectivity index (χ0n) is 18.3. The summed E-state index contributed by atoms with van der Waals surface area (Å²) in [4.78, 5) is 67.3. The number of pyridine rings is 1. The highest BCUT2D eigenvalue weighted by molar-refractivity contribution is 6.24. The molecular weight excluding hydrogens is 444 g/mol. The van der Waals surface area contributed by atoms with Crippen LogP contribution >= 0.6 is 0 Å². The van der Waals surface area contributed by atoms with Gasteiger partial charge in [0.2, 0.25) is 11.8 Å². The second kappa shape index (κ2) is 8.89. The second-order valence-corrected chi connectivity index (χ2v) is 8.19. The highest BCUT2D eigenvalue weighted by Gasteiger charge is 2.44. The van der Waals surface area contributed by atoms with Gasteiger partial charge in [0, 0.05) is 19.2 Å². The number of fused-ring (bicyclic) bond motifs is 1. The molecule has 0 bridgehead atoms. The maximum absolute atomic E-state index is 12.8. The minimum absolute atomic E-state index is 0.110. The van der Waals surface area contributed by atoms with E-state index in [4.69, 9.17) is 5.73 Å². The van der Waals surface area contributed by atoms with E-state index < -0.39 is 34.4 Å². The monoisotopic (exact) mass is 466 g/mol. The molecule has 4 amide bonds. The van der Waals surface area contributed by atoms with Crippen molar-refractivity contribution in [3.05, 3.63) is 57.8 Å². The number of nitrogens with zero attached hydrogens (tertiary/aromatic N) is 4. The van der Waals surface area contributed by atoms with E-state index in [1.807, 2.05) is 4.90 Å². The largest absolute Gasteiger partial charge is 0.369 e. The fourth-order valence-electron chi connectivity index (χ4n) is 4.22. The number of rotatable bonds is 6. The normalized spacial score (nSPS) is 18.4. The molecule has 4 rings (SSSR count). The Balaban J connectivity index is 1.45. The van der Waals surface area contributed by atoms with Gasteiger partial charge >= 0.3 is 0 Å². The first-order valence-electron chi connectivity index (χ1n) is 10.7.